The Morgan fingerprint density at radius 1 is 1.16 bits per heavy atom. The van der Waals surface area contributed by atoms with Crippen LogP contribution in [0.1, 0.15) is 45.1 Å². The van der Waals surface area contributed by atoms with Crippen LogP contribution in [-0.4, -0.2) is 23.8 Å². The average molecular weight is 261 g/mol. The number of fused-ring (bicyclic) bond motifs is 1. The molecule has 2 aliphatic heterocycles. The van der Waals surface area contributed by atoms with E-state index in [0.717, 1.165) is 42.9 Å². The van der Waals surface area contributed by atoms with Gasteiger partial charge in [0, 0.05) is 24.7 Å². The summed E-state index contributed by atoms with van der Waals surface area (Å²) in [6.07, 6.45) is 5.76. The first-order chi connectivity index (χ1) is 9.05. The summed E-state index contributed by atoms with van der Waals surface area (Å²) in [5, 5.41) is 9.95. The maximum atomic E-state index is 9.95. The van der Waals surface area contributed by atoms with Crippen LogP contribution in [0.2, 0.25) is 0 Å². The number of anilines is 1. The molecule has 0 amide bonds. The first kappa shape index (κ1) is 12.6. The highest BCUT2D eigenvalue weighted by Crippen LogP contribution is 2.43. The highest BCUT2D eigenvalue weighted by molar-refractivity contribution is 5.66. The van der Waals surface area contributed by atoms with E-state index in [1.165, 1.54) is 19.3 Å². The lowest BCUT2D eigenvalue weighted by atomic mass is 9.93. The predicted octanol–water partition coefficient (Wildman–Crippen LogP) is 3.49. The van der Waals surface area contributed by atoms with Gasteiger partial charge in [-0.25, -0.2) is 0 Å². The predicted molar refractivity (Wildman–Crippen MR) is 77.2 cm³/mol. The summed E-state index contributed by atoms with van der Waals surface area (Å²) in [4.78, 5) is 2.36. The monoisotopic (exact) mass is 261 g/mol. The number of nitrogens with zero attached hydrogens (tertiary/aromatic N) is 1. The van der Waals surface area contributed by atoms with E-state index in [-0.39, 0.29) is 5.60 Å². The van der Waals surface area contributed by atoms with Gasteiger partial charge < -0.3 is 14.7 Å². The van der Waals surface area contributed by atoms with Crippen molar-refractivity contribution in [3.63, 3.8) is 0 Å². The SMILES string of the molecule is CC1(C)CCc2cc(O)cc(N3CCCCC3)c2O1. The first-order valence-electron chi connectivity index (χ1n) is 7.35. The number of aromatic hydroxyl groups is 1. The molecule has 3 rings (SSSR count). The molecular weight excluding hydrogens is 238 g/mol. The average Bonchev–Trinajstić information content (AvgIpc) is 2.39. The van der Waals surface area contributed by atoms with Crippen LogP contribution in [0.3, 0.4) is 0 Å². The van der Waals surface area contributed by atoms with Crippen molar-refractivity contribution in [2.45, 2.75) is 51.6 Å². The fraction of sp³-hybridized carbons (Fsp3) is 0.625. The smallest absolute Gasteiger partial charge is 0.146 e. The van der Waals surface area contributed by atoms with E-state index in [1.807, 2.05) is 12.1 Å². The van der Waals surface area contributed by atoms with Crippen molar-refractivity contribution in [2.24, 2.45) is 0 Å². The van der Waals surface area contributed by atoms with Crippen LogP contribution in [-0.2, 0) is 6.42 Å². The van der Waals surface area contributed by atoms with Gasteiger partial charge in [-0.1, -0.05) is 0 Å². The molecular formula is C16H23NO2. The number of hydrogen-bond acceptors (Lipinski definition) is 3. The summed E-state index contributed by atoms with van der Waals surface area (Å²) in [5.41, 5.74) is 2.14. The number of benzene rings is 1. The van der Waals surface area contributed by atoms with E-state index in [4.69, 9.17) is 4.74 Å². The van der Waals surface area contributed by atoms with Gasteiger partial charge in [-0.2, -0.15) is 0 Å². The van der Waals surface area contributed by atoms with Gasteiger partial charge >= 0.3 is 0 Å². The van der Waals surface area contributed by atoms with Crippen molar-refractivity contribution in [1.29, 1.82) is 0 Å². The molecule has 0 aromatic heterocycles. The molecule has 1 aromatic rings. The van der Waals surface area contributed by atoms with E-state index in [0.29, 0.717) is 5.75 Å². The Hall–Kier alpha value is -1.38. The molecule has 0 radical (unpaired) electrons. The Morgan fingerprint density at radius 3 is 2.63 bits per heavy atom. The van der Waals surface area contributed by atoms with Crippen molar-refractivity contribution < 1.29 is 9.84 Å². The summed E-state index contributed by atoms with van der Waals surface area (Å²) in [6, 6.07) is 3.73. The zero-order chi connectivity index (χ0) is 13.5. The second-order valence-electron chi connectivity index (χ2n) is 6.36. The number of phenols is 1. The third-order valence-electron chi connectivity index (χ3n) is 4.20. The Labute approximate surface area is 115 Å². The van der Waals surface area contributed by atoms with Crippen molar-refractivity contribution >= 4 is 5.69 Å². The Morgan fingerprint density at radius 2 is 1.89 bits per heavy atom. The van der Waals surface area contributed by atoms with E-state index in [2.05, 4.69) is 18.7 Å². The minimum Gasteiger partial charge on any atom is -0.508 e. The van der Waals surface area contributed by atoms with E-state index in [1.54, 1.807) is 0 Å². The van der Waals surface area contributed by atoms with Crippen molar-refractivity contribution in [3.8, 4) is 11.5 Å². The second kappa shape index (κ2) is 4.62. The highest BCUT2D eigenvalue weighted by Gasteiger charge is 2.30. The molecule has 0 unspecified atom stereocenters. The van der Waals surface area contributed by atoms with Crippen LogP contribution >= 0.6 is 0 Å². The van der Waals surface area contributed by atoms with Crippen LogP contribution in [0.15, 0.2) is 12.1 Å². The van der Waals surface area contributed by atoms with Crippen LogP contribution in [0.25, 0.3) is 0 Å². The number of phenolic OH excluding ortho intramolecular Hbond substituents is 1. The molecule has 0 saturated carbocycles. The molecule has 104 valence electrons. The van der Waals surface area contributed by atoms with Gasteiger partial charge in [-0.05, 0) is 52.0 Å². The number of hydrogen-bond donors (Lipinski definition) is 1. The molecule has 3 heteroatoms. The Balaban J connectivity index is 2.00. The Kier molecular flexibility index (Phi) is 3.08. The second-order valence-corrected chi connectivity index (χ2v) is 6.36. The van der Waals surface area contributed by atoms with Crippen LogP contribution < -0.4 is 9.64 Å². The fourth-order valence-corrected chi connectivity index (χ4v) is 3.09. The quantitative estimate of drug-likeness (QED) is 0.840. The van der Waals surface area contributed by atoms with Gasteiger partial charge in [-0.3, -0.25) is 0 Å². The number of aryl methyl sites for hydroxylation is 1. The normalized spacial score (nSPS) is 21.7. The highest BCUT2D eigenvalue weighted by atomic mass is 16.5. The van der Waals surface area contributed by atoms with E-state index in [9.17, 15) is 5.11 Å². The molecule has 19 heavy (non-hydrogen) atoms. The molecule has 1 aromatic carbocycles. The lowest BCUT2D eigenvalue weighted by Crippen LogP contribution is -2.35. The number of rotatable bonds is 1. The minimum atomic E-state index is -0.103. The summed E-state index contributed by atoms with van der Waals surface area (Å²) in [7, 11) is 0. The third-order valence-corrected chi connectivity index (χ3v) is 4.20. The third kappa shape index (κ3) is 2.51. The van der Waals surface area contributed by atoms with Gasteiger partial charge in [0.25, 0.3) is 0 Å². The number of ether oxygens (including phenoxy) is 1. The maximum absolute atomic E-state index is 9.95. The van der Waals surface area contributed by atoms with E-state index < -0.39 is 0 Å². The maximum Gasteiger partial charge on any atom is 0.146 e. The van der Waals surface area contributed by atoms with Crippen LogP contribution in [0.5, 0.6) is 11.5 Å². The molecule has 0 bridgehead atoms. The largest absolute Gasteiger partial charge is 0.508 e. The van der Waals surface area contributed by atoms with Crippen molar-refractivity contribution in [2.75, 3.05) is 18.0 Å². The molecule has 0 spiro atoms. The lowest BCUT2D eigenvalue weighted by Gasteiger charge is -2.37. The summed E-state index contributed by atoms with van der Waals surface area (Å²) < 4.78 is 6.21. The number of piperidine rings is 1. The first-order valence-corrected chi connectivity index (χ1v) is 7.35. The Bertz CT molecular complexity index is 476. The molecule has 0 atom stereocenters. The molecule has 2 aliphatic rings. The van der Waals surface area contributed by atoms with E-state index >= 15 is 0 Å². The standard InChI is InChI=1S/C16H23NO2/c1-16(2)7-6-12-10-13(18)11-14(15(12)19-16)17-8-4-3-5-9-17/h10-11,18H,3-9H2,1-2H3. The van der Waals surface area contributed by atoms with Gasteiger partial charge in [-0.15, -0.1) is 0 Å². The van der Waals surface area contributed by atoms with Crippen LogP contribution in [0, 0.1) is 0 Å². The minimum absolute atomic E-state index is 0.103. The topological polar surface area (TPSA) is 32.7 Å². The molecule has 1 N–H and O–H groups in total. The van der Waals surface area contributed by atoms with Crippen molar-refractivity contribution in [3.05, 3.63) is 17.7 Å². The zero-order valence-electron chi connectivity index (χ0n) is 11.9. The van der Waals surface area contributed by atoms with Gasteiger partial charge in [0.2, 0.25) is 0 Å². The lowest BCUT2D eigenvalue weighted by molar-refractivity contribution is 0.0850. The van der Waals surface area contributed by atoms with Crippen LogP contribution in [0.4, 0.5) is 5.69 Å². The van der Waals surface area contributed by atoms with Crippen molar-refractivity contribution in [1.82, 2.24) is 0 Å². The summed E-state index contributed by atoms with van der Waals surface area (Å²) in [5.74, 6) is 1.36. The zero-order valence-corrected chi connectivity index (χ0v) is 11.9. The molecule has 0 aliphatic carbocycles. The molecule has 1 fully saturated rings. The molecule has 1 saturated heterocycles. The molecule has 3 nitrogen and oxygen atoms in total. The van der Waals surface area contributed by atoms with Gasteiger partial charge in [0.1, 0.15) is 17.1 Å². The summed E-state index contributed by atoms with van der Waals surface area (Å²) >= 11 is 0. The fourth-order valence-electron chi connectivity index (χ4n) is 3.09. The summed E-state index contributed by atoms with van der Waals surface area (Å²) in [6.45, 7) is 6.42. The molecule has 2 heterocycles. The van der Waals surface area contributed by atoms with Gasteiger partial charge in [0.15, 0.2) is 0 Å². The van der Waals surface area contributed by atoms with Gasteiger partial charge in [0.05, 0.1) is 5.69 Å².